The van der Waals surface area contributed by atoms with Gasteiger partial charge in [0, 0.05) is 29.2 Å². The number of nitrogens with zero attached hydrogens (tertiary/aromatic N) is 1. The summed E-state index contributed by atoms with van der Waals surface area (Å²) in [4.78, 5) is 13.8. The van der Waals surface area contributed by atoms with E-state index in [0.717, 1.165) is 17.4 Å². The first-order valence-corrected chi connectivity index (χ1v) is 6.25. The Hall–Kier alpha value is -0.580. The number of likely N-dealkylation sites (tertiary alicyclic amines) is 1. The summed E-state index contributed by atoms with van der Waals surface area (Å²) >= 11 is 9.25. The number of carbonyl (C=O) groups excluding carboxylic acids is 1. The van der Waals surface area contributed by atoms with Crippen LogP contribution in [-0.4, -0.2) is 29.9 Å². The number of halogens is 2. The molecule has 1 aromatic carbocycles. The van der Waals surface area contributed by atoms with Gasteiger partial charge in [0.15, 0.2) is 0 Å². The topological polar surface area (TPSA) is 46.3 Å². The molecule has 1 fully saturated rings. The summed E-state index contributed by atoms with van der Waals surface area (Å²) < 4.78 is 0.795. The van der Waals surface area contributed by atoms with E-state index in [1.807, 2.05) is 0 Å². The molecule has 1 aliphatic rings. The third-order valence-electron chi connectivity index (χ3n) is 2.68. The van der Waals surface area contributed by atoms with Crippen molar-refractivity contribution in [3.8, 4) is 0 Å². The van der Waals surface area contributed by atoms with E-state index >= 15 is 0 Å². The first-order valence-electron chi connectivity index (χ1n) is 5.08. The van der Waals surface area contributed by atoms with Crippen molar-refractivity contribution in [2.45, 2.75) is 12.5 Å². The van der Waals surface area contributed by atoms with E-state index in [1.54, 1.807) is 23.1 Å². The van der Waals surface area contributed by atoms with E-state index in [1.165, 1.54) is 0 Å². The normalized spacial score (nSPS) is 20.2. The van der Waals surface area contributed by atoms with Gasteiger partial charge >= 0.3 is 0 Å². The molecule has 0 saturated carbocycles. The molecule has 0 aromatic heterocycles. The van der Waals surface area contributed by atoms with Gasteiger partial charge in [0.05, 0.1) is 5.02 Å². The molecular formula is C11H12BrClN2O. The smallest absolute Gasteiger partial charge is 0.253 e. The molecule has 1 aliphatic heterocycles. The Labute approximate surface area is 108 Å². The molecular weight excluding hydrogens is 291 g/mol. The molecule has 2 N–H and O–H groups in total. The van der Waals surface area contributed by atoms with E-state index in [-0.39, 0.29) is 11.9 Å². The lowest BCUT2D eigenvalue weighted by Crippen LogP contribution is -2.31. The summed E-state index contributed by atoms with van der Waals surface area (Å²) in [6.07, 6.45) is 0.871. The van der Waals surface area contributed by atoms with E-state index < -0.39 is 0 Å². The maximum Gasteiger partial charge on any atom is 0.253 e. The van der Waals surface area contributed by atoms with Crippen molar-refractivity contribution in [3.05, 3.63) is 33.3 Å². The van der Waals surface area contributed by atoms with Crippen molar-refractivity contribution in [1.82, 2.24) is 4.90 Å². The minimum atomic E-state index is 0.00218. The van der Waals surface area contributed by atoms with Crippen LogP contribution in [-0.2, 0) is 0 Å². The van der Waals surface area contributed by atoms with Crippen molar-refractivity contribution < 1.29 is 4.79 Å². The summed E-state index contributed by atoms with van der Waals surface area (Å²) in [6, 6.07) is 5.33. The molecule has 0 radical (unpaired) electrons. The zero-order valence-corrected chi connectivity index (χ0v) is 11.0. The summed E-state index contributed by atoms with van der Waals surface area (Å²) in [7, 11) is 0. The average molecular weight is 304 g/mol. The van der Waals surface area contributed by atoms with Gasteiger partial charge in [-0.2, -0.15) is 0 Å². The van der Waals surface area contributed by atoms with Crippen LogP contribution in [0, 0.1) is 0 Å². The summed E-state index contributed by atoms with van der Waals surface area (Å²) in [5.41, 5.74) is 6.38. The molecule has 0 spiro atoms. The molecule has 5 heteroatoms. The molecule has 0 unspecified atom stereocenters. The monoisotopic (exact) mass is 302 g/mol. The second-order valence-electron chi connectivity index (χ2n) is 3.93. The van der Waals surface area contributed by atoms with Crippen LogP contribution in [0.25, 0.3) is 0 Å². The van der Waals surface area contributed by atoms with Crippen LogP contribution in [0.2, 0.25) is 5.02 Å². The van der Waals surface area contributed by atoms with Crippen molar-refractivity contribution in [2.75, 3.05) is 13.1 Å². The largest absolute Gasteiger partial charge is 0.337 e. The Kier molecular flexibility index (Phi) is 3.52. The van der Waals surface area contributed by atoms with Gasteiger partial charge in [0.2, 0.25) is 0 Å². The molecule has 1 aromatic rings. The summed E-state index contributed by atoms with van der Waals surface area (Å²) in [5.74, 6) is 0.00218. The first kappa shape index (κ1) is 11.9. The van der Waals surface area contributed by atoms with Gasteiger partial charge in [-0.05, 0) is 40.5 Å². The second-order valence-corrected chi connectivity index (χ2v) is 5.19. The van der Waals surface area contributed by atoms with Gasteiger partial charge in [-0.25, -0.2) is 0 Å². The minimum absolute atomic E-state index is 0.00218. The second kappa shape index (κ2) is 4.73. The Morgan fingerprint density at radius 2 is 2.31 bits per heavy atom. The zero-order chi connectivity index (χ0) is 11.7. The lowest BCUT2D eigenvalue weighted by Gasteiger charge is -2.15. The van der Waals surface area contributed by atoms with Gasteiger partial charge in [0.1, 0.15) is 0 Å². The Morgan fingerprint density at radius 3 is 2.88 bits per heavy atom. The minimum Gasteiger partial charge on any atom is -0.337 e. The number of benzene rings is 1. The highest BCUT2D eigenvalue weighted by Gasteiger charge is 2.24. The van der Waals surface area contributed by atoms with Crippen LogP contribution in [0.15, 0.2) is 22.7 Å². The highest BCUT2D eigenvalue weighted by molar-refractivity contribution is 9.10. The molecule has 3 nitrogen and oxygen atoms in total. The van der Waals surface area contributed by atoms with E-state index in [9.17, 15) is 4.79 Å². The van der Waals surface area contributed by atoms with Crippen LogP contribution in [0.3, 0.4) is 0 Å². The quantitative estimate of drug-likeness (QED) is 0.865. The van der Waals surface area contributed by atoms with Crippen molar-refractivity contribution in [2.24, 2.45) is 5.73 Å². The Balaban J connectivity index is 2.18. The highest BCUT2D eigenvalue weighted by Crippen LogP contribution is 2.24. The molecule has 1 saturated heterocycles. The van der Waals surface area contributed by atoms with Crippen LogP contribution in [0.4, 0.5) is 0 Å². The van der Waals surface area contributed by atoms with Gasteiger partial charge in [-0.15, -0.1) is 0 Å². The summed E-state index contributed by atoms with van der Waals surface area (Å²) in [5, 5.41) is 0.550. The molecule has 86 valence electrons. The molecule has 1 atom stereocenters. The van der Waals surface area contributed by atoms with Crippen LogP contribution in [0.1, 0.15) is 16.8 Å². The van der Waals surface area contributed by atoms with Crippen molar-refractivity contribution >= 4 is 33.4 Å². The maximum absolute atomic E-state index is 12.1. The SMILES string of the molecule is N[C@@H]1CCN(C(=O)c2ccc(Br)c(Cl)c2)C1. The third-order valence-corrected chi connectivity index (χ3v) is 3.91. The number of amides is 1. The van der Waals surface area contributed by atoms with E-state index in [4.69, 9.17) is 17.3 Å². The van der Waals surface area contributed by atoms with Gasteiger partial charge in [-0.3, -0.25) is 4.79 Å². The molecule has 2 rings (SSSR count). The lowest BCUT2D eigenvalue weighted by molar-refractivity contribution is 0.0791. The third kappa shape index (κ3) is 2.39. The molecule has 0 bridgehead atoms. The number of nitrogens with two attached hydrogens (primary N) is 1. The highest BCUT2D eigenvalue weighted by atomic mass is 79.9. The number of hydrogen-bond donors (Lipinski definition) is 1. The molecule has 16 heavy (non-hydrogen) atoms. The number of carbonyl (C=O) groups is 1. The first-order chi connectivity index (χ1) is 7.58. The van der Waals surface area contributed by atoms with E-state index in [0.29, 0.717) is 17.1 Å². The van der Waals surface area contributed by atoms with Crippen molar-refractivity contribution in [1.29, 1.82) is 0 Å². The fourth-order valence-corrected chi connectivity index (χ4v) is 2.21. The molecule has 0 aliphatic carbocycles. The van der Waals surface area contributed by atoms with Crippen LogP contribution in [0.5, 0.6) is 0 Å². The standard InChI is InChI=1S/C11H12BrClN2O/c12-9-2-1-7(5-10(9)13)11(16)15-4-3-8(14)6-15/h1-2,5,8H,3-4,6,14H2/t8-/m1/s1. The van der Waals surface area contributed by atoms with Crippen molar-refractivity contribution in [3.63, 3.8) is 0 Å². The fourth-order valence-electron chi connectivity index (χ4n) is 1.78. The fraction of sp³-hybridized carbons (Fsp3) is 0.364. The predicted molar refractivity (Wildman–Crippen MR) is 67.6 cm³/mol. The number of rotatable bonds is 1. The number of hydrogen-bond acceptors (Lipinski definition) is 2. The molecule has 1 heterocycles. The molecule has 1 amide bonds. The predicted octanol–water partition coefficient (Wildman–Crippen LogP) is 2.28. The zero-order valence-electron chi connectivity index (χ0n) is 8.62. The maximum atomic E-state index is 12.1. The van der Waals surface area contributed by atoms with Crippen LogP contribution >= 0.6 is 27.5 Å². The summed E-state index contributed by atoms with van der Waals surface area (Å²) in [6.45, 7) is 1.36. The Morgan fingerprint density at radius 1 is 1.56 bits per heavy atom. The van der Waals surface area contributed by atoms with Gasteiger partial charge in [-0.1, -0.05) is 11.6 Å². The lowest BCUT2D eigenvalue weighted by atomic mass is 10.2. The average Bonchev–Trinajstić information content (AvgIpc) is 2.68. The van der Waals surface area contributed by atoms with Crippen LogP contribution < -0.4 is 5.73 Å². The van der Waals surface area contributed by atoms with Gasteiger partial charge in [0.25, 0.3) is 5.91 Å². The Bertz CT molecular complexity index is 424. The van der Waals surface area contributed by atoms with Gasteiger partial charge < -0.3 is 10.6 Å². The van der Waals surface area contributed by atoms with E-state index in [2.05, 4.69) is 15.9 Å².